The average Bonchev–Trinajstić information content (AvgIpc) is 2.87. The van der Waals surface area contributed by atoms with Gasteiger partial charge in [-0.15, -0.1) is 0 Å². The van der Waals surface area contributed by atoms with Gasteiger partial charge in [-0.05, 0) is 43.5 Å². The van der Waals surface area contributed by atoms with Crippen LogP contribution in [0.5, 0.6) is 0 Å². The van der Waals surface area contributed by atoms with Gasteiger partial charge in [-0.2, -0.15) is 0 Å². The molecule has 0 fully saturated rings. The zero-order chi connectivity index (χ0) is 17.9. The molecule has 0 radical (unpaired) electrons. The van der Waals surface area contributed by atoms with E-state index in [1.165, 1.54) is 12.7 Å². The number of esters is 1. The fraction of sp³-hybridized carbons (Fsp3) is 0.368. The van der Waals surface area contributed by atoms with E-state index in [1.807, 2.05) is 24.5 Å². The highest BCUT2D eigenvalue weighted by Gasteiger charge is 2.17. The Bertz CT molecular complexity index is 743. The topological polar surface area (TPSA) is 60.3 Å². The SMILES string of the molecule is COC(=O)CNC(=O)c1cc(C)n(-c2ccc(C(C)C)cc2)c1C. The summed E-state index contributed by atoms with van der Waals surface area (Å²) in [6, 6.07) is 10.2. The lowest BCUT2D eigenvalue weighted by Crippen LogP contribution is -2.30. The van der Waals surface area contributed by atoms with Gasteiger partial charge < -0.3 is 14.6 Å². The van der Waals surface area contributed by atoms with Gasteiger partial charge in [0.15, 0.2) is 0 Å². The lowest BCUT2D eigenvalue weighted by atomic mass is 10.0. The van der Waals surface area contributed by atoms with Crippen LogP contribution in [0.3, 0.4) is 0 Å². The molecule has 1 aromatic heterocycles. The largest absolute Gasteiger partial charge is 0.468 e. The van der Waals surface area contributed by atoms with Crippen LogP contribution in [0, 0.1) is 13.8 Å². The summed E-state index contributed by atoms with van der Waals surface area (Å²) in [7, 11) is 1.29. The molecule has 0 saturated carbocycles. The molecule has 0 aliphatic heterocycles. The average molecular weight is 328 g/mol. The van der Waals surface area contributed by atoms with E-state index in [-0.39, 0.29) is 12.5 Å². The Labute approximate surface area is 142 Å². The maximum absolute atomic E-state index is 12.3. The van der Waals surface area contributed by atoms with Crippen molar-refractivity contribution in [1.29, 1.82) is 0 Å². The molecule has 128 valence electrons. The lowest BCUT2D eigenvalue weighted by Gasteiger charge is -2.12. The van der Waals surface area contributed by atoms with E-state index >= 15 is 0 Å². The molecule has 24 heavy (non-hydrogen) atoms. The third kappa shape index (κ3) is 3.67. The van der Waals surface area contributed by atoms with Crippen molar-refractivity contribution in [3.8, 4) is 5.69 Å². The minimum absolute atomic E-state index is 0.137. The van der Waals surface area contributed by atoms with Crippen LogP contribution in [0.1, 0.15) is 47.1 Å². The number of amides is 1. The Hall–Kier alpha value is -2.56. The van der Waals surface area contributed by atoms with Gasteiger partial charge in [0.1, 0.15) is 6.54 Å². The van der Waals surface area contributed by atoms with E-state index in [1.54, 1.807) is 0 Å². The van der Waals surface area contributed by atoms with Crippen LogP contribution in [0.25, 0.3) is 5.69 Å². The van der Waals surface area contributed by atoms with Crippen molar-refractivity contribution in [3.63, 3.8) is 0 Å². The zero-order valence-corrected chi connectivity index (χ0v) is 14.8. The summed E-state index contributed by atoms with van der Waals surface area (Å²) in [5.74, 6) is -0.273. The first-order valence-corrected chi connectivity index (χ1v) is 7.99. The van der Waals surface area contributed by atoms with Crippen molar-refractivity contribution < 1.29 is 14.3 Å². The molecule has 1 heterocycles. The van der Waals surface area contributed by atoms with Crippen molar-refractivity contribution in [2.24, 2.45) is 0 Å². The molecule has 0 spiro atoms. The van der Waals surface area contributed by atoms with Crippen LogP contribution in [-0.2, 0) is 9.53 Å². The highest BCUT2D eigenvalue weighted by Crippen LogP contribution is 2.23. The number of rotatable bonds is 5. The number of aryl methyl sites for hydroxylation is 1. The number of methoxy groups -OCH3 is 1. The molecule has 1 aromatic carbocycles. The molecule has 0 aliphatic rings. The molecule has 0 atom stereocenters. The summed E-state index contributed by atoms with van der Waals surface area (Å²) in [6.45, 7) is 8.04. The molecular weight excluding hydrogens is 304 g/mol. The first kappa shape index (κ1) is 17.8. The summed E-state index contributed by atoms with van der Waals surface area (Å²) in [4.78, 5) is 23.5. The number of nitrogens with zero attached hydrogens (tertiary/aromatic N) is 1. The van der Waals surface area contributed by atoms with Crippen molar-refractivity contribution in [2.75, 3.05) is 13.7 Å². The van der Waals surface area contributed by atoms with Crippen LogP contribution in [-0.4, -0.2) is 30.1 Å². The third-order valence-corrected chi connectivity index (χ3v) is 4.11. The monoisotopic (exact) mass is 328 g/mol. The summed E-state index contributed by atoms with van der Waals surface area (Å²) >= 11 is 0. The first-order chi connectivity index (χ1) is 11.3. The maximum atomic E-state index is 12.3. The van der Waals surface area contributed by atoms with Gasteiger partial charge in [0, 0.05) is 17.1 Å². The molecule has 5 heteroatoms. The summed E-state index contributed by atoms with van der Waals surface area (Å²) in [5.41, 5.74) is 4.66. The van der Waals surface area contributed by atoms with Gasteiger partial charge in [-0.3, -0.25) is 9.59 Å². The van der Waals surface area contributed by atoms with Gasteiger partial charge in [-0.1, -0.05) is 26.0 Å². The second-order valence-electron chi connectivity index (χ2n) is 6.13. The number of aromatic nitrogens is 1. The number of hydrogen-bond donors (Lipinski definition) is 1. The van der Waals surface area contributed by atoms with Crippen molar-refractivity contribution >= 4 is 11.9 Å². The highest BCUT2D eigenvalue weighted by molar-refractivity contribution is 5.97. The smallest absolute Gasteiger partial charge is 0.325 e. The number of carbonyl (C=O) groups excluding carboxylic acids is 2. The lowest BCUT2D eigenvalue weighted by molar-refractivity contribution is -0.139. The fourth-order valence-electron chi connectivity index (χ4n) is 2.72. The van der Waals surface area contributed by atoms with Crippen LogP contribution in [0.15, 0.2) is 30.3 Å². The first-order valence-electron chi connectivity index (χ1n) is 7.99. The minimum atomic E-state index is -0.471. The van der Waals surface area contributed by atoms with E-state index in [2.05, 4.69) is 48.2 Å². The van der Waals surface area contributed by atoms with Gasteiger partial charge in [-0.25, -0.2) is 0 Å². The Morgan fingerprint density at radius 3 is 2.33 bits per heavy atom. The Kier molecular flexibility index (Phi) is 5.44. The quantitative estimate of drug-likeness (QED) is 0.858. The van der Waals surface area contributed by atoms with E-state index in [9.17, 15) is 9.59 Å². The molecular formula is C19H24N2O3. The molecule has 2 rings (SSSR count). The number of benzene rings is 1. The second-order valence-corrected chi connectivity index (χ2v) is 6.13. The van der Waals surface area contributed by atoms with E-state index in [4.69, 9.17) is 0 Å². The van der Waals surface area contributed by atoms with Crippen molar-refractivity contribution in [3.05, 3.63) is 52.8 Å². The van der Waals surface area contributed by atoms with Crippen molar-refractivity contribution in [2.45, 2.75) is 33.6 Å². The van der Waals surface area contributed by atoms with Gasteiger partial charge in [0.05, 0.1) is 12.7 Å². The minimum Gasteiger partial charge on any atom is -0.468 e. The van der Waals surface area contributed by atoms with Crippen LogP contribution in [0.2, 0.25) is 0 Å². The molecule has 0 unspecified atom stereocenters. The normalized spacial score (nSPS) is 10.8. The van der Waals surface area contributed by atoms with Crippen molar-refractivity contribution in [1.82, 2.24) is 9.88 Å². The molecule has 1 N–H and O–H groups in total. The number of hydrogen-bond acceptors (Lipinski definition) is 3. The number of carbonyl (C=O) groups is 2. The summed E-state index contributed by atoms with van der Waals surface area (Å²) in [5, 5.41) is 2.58. The standard InChI is InChI=1S/C19H24N2O3/c1-12(2)15-6-8-16(9-7-15)21-13(3)10-17(14(21)4)19(23)20-11-18(22)24-5/h6-10,12H,11H2,1-5H3,(H,20,23). The molecule has 5 nitrogen and oxygen atoms in total. The second kappa shape index (κ2) is 7.34. The number of ether oxygens (including phenoxy) is 1. The summed E-state index contributed by atoms with van der Waals surface area (Å²) in [6.07, 6.45) is 0. The molecule has 1 amide bonds. The van der Waals surface area contributed by atoms with Crippen LogP contribution < -0.4 is 5.32 Å². The van der Waals surface area contributed by atoms with E-state index < -0.39 is 5.97 Å². The zero-order valence-electron chi connectivity index (χ0n) is 14.8. The van der Waals surface area contributed by atoms with Gasteiger partial charge >= 0.3 is 5.97 Å². The Balaban J connectivity index is 2.28. The fourth-order valence-corrected chi connectivity index (χ4v) is 2.72. The predicted molar refractivity (Wildman–Crippen MR) is 93.7 cm³/mol. The Morgan fingerprint density at radius 2 is 1.79 bits per heavy atom. The van der Waals surface area contributed by atoms with E-state index in [0.29, 0.717) is 11.5 Å². The van der Waals surface area contributed by atoms with Crippen LogP contribution >= 0.6 is 0 Å². The van der Waals surface area contributed by atoms with Gasteiger partial charge in [0.2, 0.25) is 0 Å². The molecule has 0 bridgehead atoms. The number of nitrogens with one attached hydrogen (secondary N) is 1. The van der Waals surface area contributed by atoms with Crippen LogP contribution in [0.4, 0.5) is 0 Å². The predicted octanol–water partition coefficient (Wildman–Crippen LogP) is 3.12. The summed E-state index contributed by atoms with van der Waals surface area (Å²) < 4.78 is 6.58. The molecule has 2 aromatic rings. The van der Waals surface area contributed by atoms with Gasteiger partial charge in [0.25, 0.3) is 5.91 Å². The highest BCUT2D eigenvalue weighted by atomic mass is 16.5. The molecule has 0 aliphatic carbocycles. The molecule has 0 saturated heterocycles. The Morgan fingerprint density at radius 1 is 1.17 bits per heavy atom. The third-order valence-electron chi connectivity index (χ3n) is 4.11. The van der Waals surface area contributed by atoms with E-state index in [0.717, 1.165) is 17.1 Å². The maximum Gasteiger partial charge on any atom is 0.325 e.